The minimum atomic E-state index is -3.56. The fourth-order valence-electron chi connectivity index (χ4n) is 2.87. The summed E-state index contributed by atoms with van der Waals surface area (Å²) in [6, 6.07) is 13.1. The third-order valence-corrected chi connectivity index (χ3v) is 7.47. The van der Waals surface area contributed by atoms with Crippen LogP contribution < -0.4 is 4.74 Å². The average Bonchev–Trinajstić information content (AvgIpc) is 2.89. The van der Waals surface area contributed by atoms with Gasteiger partial charge in [-0.3, -0.25) is 0 Å². The first-order valence-electron chi connectivity index (χ1n) is 8.02. The van der Waals surface area contributed by atoms with Crippen LogP contribution in [0.4, 0.5) is 4.39 Å². The minimum Gasteiger partial charge on any atom is -0.497 e. The molecule has 2 aromatic carbocycles. The normalized spacial score (nSPS) is 19.4. The number of methoxy groups -OCH3 is 1. The SMILES string of the molecule is COc1ccc(S(=O)(=O)N2CCSC(c3ccccc3F)CC2)cc1. The van der Waals surface area contributed by atoms with Gasteiger partial charge in [-0.05, 0) is 36.8 Å². The Hall–Kier alpha value is -1.57. The number of rotatable bonds is 4. The number of halogens is 1. The standard InChI is InChI=1S/C18H20FNO3S2/c1-23-14-6-8-15(9-7-14)25(21,22)20-11-10-18(24-13-12-20)16-4-2-3-5-17(16)19/h2-9,18H,10-13H2,1H3. The highest BCUT2D eigenvalue weighted by molar-refractivity contribution is 7.99. The quantitative estimate of drug-likeness (QED) is 0.810. The Morgan fingerprint density at radius 3 is 2.52 bits per heavy atom. The van der Waals surface area contributed by atoms with Gasteiger partial charge in [0.25, 0.3) is 0 Å². The van der Waals surface area contributed by atoms with Crippen LogP contribution in [0.3, 0.4) is 0 Å². The average molecular weight is 381 g/mol. The molecular formula is C18H20FNO3S2. The Balaban J connectivity index is 1.76. The van der Waals surface area contributed by atoms with Crippen molar-refractivity contribution in [2.24, 2.45) is 0 Å². The monoisotopic (exact) mass is 381 g/mol. The first-order chi connectivity index (χ1) is 12.0. The second-order valence-electron chi connectivity index (χ2n) is 5.75. The van der Waals surface area contributed by atoms with Crippen molar-refractivity contribution in [3.63, 3.8) is 0 Å². The Morgan fingerprint density at radius 2 is 1.84 bits per heavy atom. The topological polar surface area (TPSA) is 46.6 Å². The van der Waals surface area contributed by atoms with Gasteiger partial charge in [0.2, 0.25) is 10.0 Å². The fourth-order valence-corrected chi connectivity index (χ4v) is 5.70. The van der Waals surface area contributed by atoms with E-state index in [1.807, 2.05) is 6.07 Å². The van der Waals surface area contributed by atoms with Gasteiger partial charge in [0, 0.05) is 29.7 Å². The predicted octanol–water partition coefficient (Wildman–Crippen LogP) is 3.70. The molecule has 1 heterocycles. The number of benzene rings is 2. The zero-order valence-electron chi connectivity index (χ0n) is 13.9. The molecule has 0 saturated carbocycles. The van der Waals surface area contributed by atoms with Crippen LogP contribution in [-0.2, 0) is 10.0 Å². The highest BCUT2D eigenvalue weighted by atomic mass is 32.2. The second-order valence-corrected chi connectivity index (χ2v) is 9.00. The van der Waals surface area contributed by atoms with E-state index >= 15 is 0 Å². The molecule has 0 bridgehead atoms. The molecule has 1 unspecified atom stereocenters. The van der Waals surface area contributed by atoms with Gasteiger partial charge in [-0.15, -0.1) is 0 Å². The molecule has 0 N–H and O–H groups in total. The van der Waals surface area contributed by atoms with Crippen molar-refractivity contribution in [3.8, 4) is 5.75 Å². The van der Waals surface area contributed by atoms with Gasteiger partial charge in [-0.1, -0.05) is 18.2 Å². The van der Waals surface area contributed by atoms with Gasteiger partial charge in [-0.25, -0.2) is 12.8 Å². The fraction of sp³-hybridized carbons (Fsp3) is 0.333. The molecule has 4 nitrogen and oxygen atoms in total. The highest BCUT2D eigenvalue weighted by Crippen LogP contribution is 2.36. The Morgan fingerprint density at radius 1 is 1.12 bits per heavy atom. The van der Waals surface area contributed by atoms with Crippen molar-refractivity contribution in [1.29, 1.82) is 0 Å². The summed E-state index contributed by atoms with van der Waals surface area (Å²) in [7, 11) is -2.02. The predicted molar refractivity (Wildman–Crippen MR) is 98.0 cm³/mol. The third kappa shape index (κ3) is 3.99. The molecule has 1 saturated heterocycles. The second kappa shape index (κ2) is 7.76. The van der Waals surface area contributed by atoms with E-state index < -0.39 is 10.0 Å². The lowest BCUT2D eigenvalue weighted by atomic mass is 10.1. The van der Waals surface area contributed by atoms with E-state index in [0.29, 0.717) is 36.6 Å². The molecule has 1 aliphatic heterocycles. The van der Waals surface area contributed by atoms with Crippen LogP contribution in [0.15, 0.2) is 53.4 Å². The maximum atomic E-state index is 14.0. The number of nitrogens with zero attached hydrogens (tertiary/aromatic N) is 1. The smallest absolute Gasteiger partial charge is 0.243 e. The zero-order chi connectivity index (χ0) is 17.9. The third-order valence-electron chi connectivity index (χ3n) is 4.25. The molecule has 1 atom stereocenters. The van der Waals surface area contributed by atoms with Crippen LogP contribution in [0.5, 0.6) is 5.75 Å². The van der Waals surface area contributed by atoms with Crippen LogP contribution in [0, 0.1) is 5.82 Å². The lowest BCUT2D eigenvalue weighted by molar-refractivity contribution is 0.413. The highest BCUT2D eigenvalue weighted by Gasteiger charge is 2.29. The van der Waals surface area contributed by atoms with Crippen LogP contribution in [0.25, 0.3) is 0 Å². The van der Waals surface area contributed by atoms with Gasteiger partial charge in [0.1, 0.15) is 11.6 Å². The van der Waals surface area contributed by atoms with E-state index in [2.05, 4.69) is 0 Å². The first-order valence-corrected chi connectivity index (χ1v) is 10.5. The maximum Gasteiger partial charge on any atom is 0.243 e. The van der Waals surface area contributed by atoms with Crippen molar-refractivity contribution in [3.05, 3.63) is 59.9 Å². The van der Waals surface area contributed by atoms with E-state index in [-0.39, 0.29) is 16.0 Å². The largest absolute Gasteiger partial charge is 0.497 e. The van der Waals surface area contributed by atoms with Crippen LogP contribution in [0.2, 0.25) is 0 Å². The summed E-state index contributed by atoms with van der Waals surface area (Å²) >= 11 is 1.61. The minimum absolute atomic E-state index is 0.0303. The first kappa shape index (κ1) is 18.2. The molecule has 134 valence electrons. The van der Waals surface area contributed by atoms with Crippen molar-refractivity contribution in [1.82, 2.24) is 4.31 Å². The Labute approximate surface area is 152 Å². The van der Waals surface area contributed by atoms with Gasteiger partial charge in [0.05, 0.1) is 12.0 Å². The number of hydrogen-bond acceptors (Lipinski definition) is 4. The maximum absolute atomic E-state index is 14.0. The van der Waals surface area contributed by atoms with Gasteiger partial charge >= 0.3 is 0 Å². The molecule has 1 fully saturated rings. The van der Waals surface area contributed by atoms with Crippen molar-refractivity contribution in [2.75, 3.05) is 26.0 Å². The molecule has 1 aliphatic rings. The lowest BCUT2D eigenvalue weighted by Crippen LogP contribution is -2.33. The summed E-state index contributed by atoms with van der Waals surface area (Å²) in [5.41, 5.74) is 0.649. The van der Waals surface area contributed by atoms with E-state index in [1.54, 1.807) is 55.3 Å². The van der Waals surface area contributed by atoms with Crippen LogP contribution in [0.1, 0.15) is 17.2 Å². The lowest BCUT2D eigenvalue weighted by Gasteiger charge is -2.20. The molecule has 0 radical (unpaired) electrons. The summed E-state index contributed by atoms with van der Waals surface area (Å²) in [5.74, 6) is 1.02. The summed E-state index contributed by atoms with van der Waals surface area (Å²) in [6.45, 7) is 0.796. The zero-order valence-corrected chi connectivity index (χ0v) is 15.5. The summed E-state index contributed by atoms with van der Waals surface area (Å²) in [6.07, 6.45) is 0.584. The Bertz CT molecular complexity index is 824. The van der Waals surface area contributed by atoms with E-state index in [1.165, 1.54) is 10.4 Å². The van der Waals surface area contributed by atoms with E-state index in [9.17, 15) is 12.8 Å². The van der Waals surface area contributed by atoms with Crippen molar-refractivity contribution < 1.29 is 17.5 Å². The number of ether oxygens (including phenoxy) is 1. The van der Waals surface area contributed by atoms with Crippen LogP contribution in [-0.4, -0.2) is 38.7 Å². The van der Waals surface area contributed by atoms with Crippen LogP contribution >= 0.6 is 11.8 Å². The molecule has 25 heavy (non-hydrogen) atoms. The van der Waals surface area contributed by atoms with Gasteiger partial charge in [0.15, 0.2) is 0 Å². The number of thioether (sulfide) groups is 1. The van der Waals surface area contributed by atoms with E-state index in [4.69, 9.17) is 4.74 Å². The van der Waals surface area contributed by atoms with E-state index in [0.717, 1.165) is 0 Å². The van der Waals surface area contributed by atoms with Gasteiger partial charge in [-0.2, -0.15) is 16.1 Å². The molecular weight excluding hydrogens is 361 g/mol. The molecule has 2 aromatic rings. The summed E-state index contributed by atoms with van der Waals surface area (Å²) in [5, 5.41) is -0.0303. The molecule has 0 aromatic heterocycles. The molecule has 7 heteroatoms. The number of sulfonamides is 1. The summed E-state index contributed by atoms with van der Waals surface area (Å²) in [4.78, 5) is 0.252. The molecule has 0 amide bonds. The van der Waals surface area contributed by atoms with Gasteiger partial charge < -0.3 is 4.74 Å². The molecule has 0 spiro atoms. The van der Waals surface area contributed by atoms with Crippen molar-refractivity contribution >= 4 is 21.8 Å². The Kier molecular flexibility index (Phi) is 5.66. The number of hydrogen-bond donors (Lipinski definition) is 0. The summed E-state index contributed by atoms with van der Waals surface area (Å²) < 4.78 is 46.3. The molecule has 3 rings (SSSR count). The van der Waals surface area contributed by atoms with Crippen molar-refractivity contribution in [2.45, 2.75) is 16.6 Å². The molecule has 0 aliphatic carbocycles.